The zero-order valence-corrected chi connectivity index (χ0v) is 25.4. The van der Waals surface area contributed by atoms with Crippen molar-refractivity contribution in [3.8, 4) is 22.3 Å². The van der Waals surface area contributed by atoms with Crippen molar-refractivity contribution in [3.63, 3.8) is 0 Å². The molecule has 1 N–H and O–H groups in total. The lowest BCUT2D eigenvalue weighted by atomic mass is 9.68. The molecule has 7 aromatic carbocycles. The molecule has 1 aromatic heterocycles. The molecule has 1 aliphatic carbocycles. The van der Waals surface area contributed by atoms with Crippen LogP contribution in [0.3, 0.4) is 0 Å². The first-order chi connectivity index (χ1) is 22.3. The Hall–Kier alpha value is -5.44. The number of fused-ring (bicyclic) bond motifs is 7. The second-order valence-electron chi connectivity index (χ2n) is 11.7. The number of rotatable bonds is 5. The van der Waals surface area contributed by atoms with E-state index in [9.17, 15) is 0 Å². The summed E-state index contributed by atoms with van der Waals surface area (Å²) in [5.74, 6) is 0. The van der Waals surface area contributed by atoms with Crippen LogP contribution in [-0.4, -0.2) is 0 Å². The molecule has 0 spiro atoms. The van der Waals surface area contributed by atoms with Crippen LogP contribution in [0.4, 0.5) is 11.4 Å². The van der Waals surface area contributed by atoms with Gasteiger partial charge >= 0.3 is 0 Å². The number of anilines is 2. The third-order valence-corrected chi connectivity index (χ3v) is 10.6. The summed E-state index contributed by atoms with van der Waals surface area (Å²) in [6.45, 7) is 0. The minimum atomic E-state index is -0.389. The van der Waals surface area contributed by atoms with Gasteiger partial charge in [0.05, 0.1) is 15.8 Å². The van der Waals surface area contributed by atoms with Gasteiger partial charge in [-0.05, 0) is 57.1 Å². The molecule has 0 unspecified atom stereocenters. The summed E-state index contributed by atoms with van der Waals surface area (Å²) in [6.07, 6.45) is 0. The minimum Gasteiger partial charge on any atom is -0.354 e. The molecule has 0 bridgehead atoms. The summed E-state index contributed by atoms with van der Waals surface area (Å²) in [7, 11) is 0. The van der Waals surface area contributed by atoms with Crippen molar-refractivity contribution in [2.24, 2.45) is 0 Å². The zero-order chi connectivity index (χ0) is 29.8. The number of hydrogen-bond donors (Lipinski definition) is 1. The van der Waals surface area contributed by atoms with Gasteiger partial charge in [-0.15, -0.1) is 11.3 Å². The Morgan fingerprint density at radius 3 is 1.73 bits per heavy atom. The van der Waals surface area contributed by atoms with Gasteiger partial charge in [0.1, 0.15) is 0 Å². The maximum Gasteiger partial charge on any atom is 0.0714 e. The Morgan fingerprint density at radius 2 is 1.02 bits per heavy atom. The lowest BCUT2D eigenvalue weighted by Crippen LogP contribution is -2.28. The molecule has 2 heteroatoms. The first kappa shape index (κ1) is 26.0. The van der Waals surface area contributed by atoms with Gasteiger partial charge in [-0.1, -0.05) is 152 Å². The van der Waals surface area contributed by atoms with Crippen molar-refractivity contribution in [1.29, 1.82) is 0 Å². The molecule has 1 heterocycles. The van der Waals surface area contributed by atoms with Crippen LogP contribution >= 0.6 is 11.3 Å². The first-order valence-corrected chi connectivity index (χ1v) is 16.3. The van der Waals surface area contributed by atoms with E-state index in [1.807, 2.05) is 11.3 Å². The second kappa shape index (κ2) is 10.3. The fourth-order valence-electron chi connectivity index (χ4n) is 7.41. The van der Waals surface area contributed by atoms with Crippen molar-refractivity contribution < 1.29 is 0 Å². The van der Waals surface area contributed by atoms with E-state index in [-0.39, 0.29) is 5.41 Å². The molecule has 0 fully saturated rings. The summed E-state index contributed by atoms with van der Waals surface area (Å²) in [5, 5.41) is 6.35. The van der Waals surface area contributed by atoms with Gasteiger partial charge < -0.3 is 5.32 Å². The third kappa shape index (κ3) is 3.93. The molecular weight excluding hydrogens is 563 g/mol. The molecule has 1 nitrogen and oxygen atoms in total. The quantitative estimate of drug-likeness (QED) is 0.210. The van der Waals surface area contributed by atoms with Crippen LogP contribution in [0.25, 0.3) is 42.4 Å². The van der Waals surface area contributed by atoms with E-state index in [1.54, 1.807) is 0 Å². The Labute approximate surface area is 267 Å². The average molecular weight is 592 g/mol. The van der Waals surface area contributed by atoms with Gasteiger partial charge in [0.2, 0.25) is 0 Å². The van der Waals surface area contributed by atoms with Gasteiger partial charge in [-0.25, -0.2) is 0 Å². The van der Waals surface area contributed by atoms with Crippen LogP contribution in [0.1, 0.15) is 22.3 Å². The normalized spacial score (nSPS) is 13.1. The Kier molecular flexibility index (Phi) is 5.97. The van der Waals surface area contributed by atoms with Crippen molar-refractivity contribution in [3.05, 3.63) is 192 Å². The van der Waals surface area contributed by atoms with E-state index in [2.05, 4.69) is 175 Å². The molecule has 212 valence electrons. The molecule has 1 aliphatic rings. The first-order valence-electron chi connectivity index (χ1n) is 15.4. The van der Waals surface area contributed by atoms with Crippen LogP contribution in [-0.2, 0) is 5.41 Å². The predicted octanol–water partition coefficient (Wildman–Crippen LogP) is 11.8. The maximum atomic E-state index is 3.75. The van der Waals surface area contributed by atoms with Gasteiger partial charge in [0.25, 0.3) is 0 Å². The second-order valence-corrected chi connectivity index (χ2v) is 12.8. The Balaban J connectivity index is 1.24. The SMILES string of the molecule is c1ccc(-c2ccc(Nc3cccc4c3sc3c5c(ccc34)C(c3ccccc3)(c3ccccc3)c3ccccc3-5)cc2)cc1. The van der Waals surface area contributed by atoms with Crippen LogP contribution in [0.15, 0.2) is 170 Å². The lowest BCUT2D eigenvalue weighted by Gasteiger charge is -2.33. The monoisotopic (exact) mass is 591 g/mol. The molecule has 45 heavy (non-hydrogen) atoms. The maximum absolute atomic E-state index is 3.75. The Morgan fingerprint density at radius 1 is 0.422 bits per heavy atom. The number of benzene rings is 7. The zero-order valence-electron chi connectivity index (χ0n) is 24.6. The molecule has 9 rings (SSSR count). The molecule has 0 saturated heterocycles. The number of thiophene rings is 1. The van der Waals surface area contributed by atoms with Crippen LogP contribution in [0.2, 0.25) is 0 Å². The average Bonchev–Trinajstić information content (AvgIpc) is 3.65. The van der Waals surface area contributed by atoms with E-state index in [0.717, 1.165) is 11.4 Å². The smallest absolute Gasteiger partial charge is 0.0714 e. The van der Waals surface area contributed by atoms with Crippen molar-refractivity contribution in [2.45, 2.75) is 5.41 Å². The molecule has 0 atom stereocenters. The van der Waals surface area contributed by atoms with Gasteiger partial charge in [0.15, 0.2) is 0 Å². The molecule has 0 amide bonds. The van der Waals surface area contributed by atoms with Gasteiger partial charge in [-0.2, -0.15) is 0 Å². The number of hydrogen-bond acceptors (Lipinski definition) is 2. The largest absolute Gasteiger partial charge is 0.354 e. The summed E-state index contributed by atoms with van der Waals surface area (Å²) >= 11 is 1.91. The van der Waals surface area contributed by atoms with Crippen LogP contribution < -0.4 is 5.32 Å². The fraction of sp³-hybridized carbons (Fsp3) is 0.0233. The Bertz CT molecular complexity index is 2280. The van der Waals surface area contributed by atoms with E-state index in [4.69, 9.17) is 0 Å². The van der Waals surface area contributed by atoms with Crippen molar-refractivity contribution in [1.82, 2.24) is 0 Å². The summed E-state index contributed by atoms with van der Waals surface area (Å²) in [4.78, 5) is 0. The highest BCUT2D eigenvalue weighted by molar-refractivity contribution is 7.27. The van der Waals surface area contributed by atoms with E-state index >= 15 is 0 Å². The highest BCUT2D eigenvalue weighted by Crippen LogP contribution is 2.59. The van der Waals surface area contributed by atoms with Crippen molar-refractivity contribution >= 4 is 42.9 Å². The van der Waals surface area contributed by atoms with Gasteiger partial charge in [-0.3, -0.25) is 0 Å². The van der Waals surface area contributed by atoms with E-state index < -0.39 is 0 Å². The predicted molar refractivity (Wildman–Crippen MR) is 192 cm³/mol. The van der Waals surface area contributed by atoms with E-state index in [0.29, 0.717) is 0 Å². The lowest BCUT2D eigenvalue weighted by molar-refractivity contribution is 0.769. The van der Waals surface area contributed by atoms with Crippen molar-refractivity contribution in [2.75, 3.05) is 5.32 Å². The summed E-state index contributed by atoms with van der Waals surface area (Å²) < 4.78 is 2.62. The van der Waals surface area contributed by atoms with Crippen LogP contribution in [0.5, 0.6) is 0 Å². The molecule has 0 aliphatic heterocycles. The molecule has 0 radical (unpaired) electrons. The molecule has 0 saturated carbocycles. The minimum absolute atomic E-state index is 0.389. The highest BCUT2D eigenvalue weighted by Gasteiger charge is 2.46. The fourth-order valence-corrected chi connectivity index (χ4v) is 8.74. The highest BCUT2D eigenvalue weighted by atomic mass is 32.1. The summed E-state index contributed by atoms with van der Waals surface area (Å²) in [6, 6.07) is 61.8. The van der Waals surface area contributed by atoms with Gasteiger partial charge in [0, 0.05) is 26.7 Å². The summed E-state index contributed by atoms with van der Waals surface area (Å²) in [5.41, 5.74) is 12.3. The topological polar surface area (TPSA) is 12.0 Å². The third-order valence-electron chi connectivity index (χ3n) is 9.36. The van der Waals surface area contributed by atoms with E-state index in [1.165, 1.54) is 64.7 Å². The standard InChI is InChI=1S/C43H29NS/c1-4-13-29(14-5-1)30-23-25-33(26-24-30)44-39-22-12-20-34-35-27-28-38-40(42(35)45-41(34)39)36-19-10-11-21-37(36)43(38,31-15-6-2-7-16-31)32-17-8-3-9-18-32/h1-28,44H. The molecule has 8 aromatic rings. The number of nitrogens with one attached hydrogen (secondary N) is 1. The van der Waals surface area contributed by atoms with Crippen LogP contribution in [0, 0.1) is 0 Å². The molecular formula is C43H29NS.